The van der Waals surface area contributed by atoms with E-state index in [1.807, 2.05) is 0 Å². The summed E-state index contributed by atoms with van der Waals surface area (Å²) in [5.74, 6) is -0.909. The zero-order valence-corrected chi connectivity index (χ0v) is 53.7. The van der Waals surface area contributed by atoms with E-state index >= 15 is 0 Å². The highest BCUT2D eigenvalue weighted by atomic mass is 16.6. The number of ether oxygens (including phenoxy) is 3. The maximum Gasteiger partial charge on any atom is 0.306 e. The third-order valence-electron chi connectivity index (χ3n) is 14.7. The number of carbonyl (C=O) groups excluding carboxylic acids is 3. The van der Waals surface area contributed by atoms with Crippen molar-refractivity contribution < 1.29 is 28.6 Å². The van der Waals surface area contributed by atoms with Crippen molar-refractivity contribution in [1.82, 2.24) is 0 Å². The number of unbranched alkanes of at least 4 members (excludes halogenated alkanes) is 31. The Bertz CT molecular complexity index is 1690. The topological polar surface area (TPSA) is 78.9 Å². The molecule has 0 aromatic rings. The monoisotopic (exact) mass is 1140 g/mol. The number of hydrogen-bond acceptors (Lipinski definition) is 6. The third kappa shape index (κ3) is 66.6. The minimum atomic E-state index is -0.789. The van der Waals surface area contributed by atoms with Gasteiger partial charge in [0.2, 0.25) is 0 Å². The lowest BCUT2D eigenvalue weighted by atomic mass is 10.0. The molecule has 0 aromatic carbocycles. The van der Waals surface area contributed by atoms with Crippen LogP contribution >= 0.6 is 0 Å². The Morgan fingerprint density at radius 1 is 0.256 bits per heavy atom. The van der Waals surface area contributed by atoms with Gasteiger partial charge in [0, 0.05) is 19.3 Å². The summed E-state index contributed by atoms with van der Waals surface area (Å²) in [5, 5.41) is 0. The van der Waals surface area contributed by atoms with Crippen LogP contribution in [0.25, 0.3) is 0 Å². The molecule has 0 radical (unpaired) electrons. The average molecular weight is 1140 g/mol. The predicted octanol–water partition coefficient (Wildman–Crippen LogP) is 23.9. The molecule has 0 bridgehead atoms. The number of hydrogen-bond donors (Lipinski definition) is 0. The third-order valence-corrected chi connectivity index (χ3v) is 14.7. The summed E-state index contributed by atoms with van der Waals surface area (Å²) < 4.78 is 16.8. The Kier molecular flexibility index (Phi) is 65.8. The van der Waals surface area contributed by atoms with Crippen LogP contribution in [0.2, 0.25) is 0 Å². The van der Waals surface area contributed by atoms with Crippen LogP contribution in [0.3, 0.4) is 0 Å². The molecule has 0 aromatic heterocycles. The predicted molar refractivity (Wildman–Crippen MR) is 357 cm³/mol. The van der Waals surface area contributed by atoms with Gasteiger partial charge in [-0.25, -0.2) is 0 Å². The molecule has 0 fully saturated rings. The molecule has 0 aliphatic carbocycles. The second-order valence-corrected chi connectivity index (χ2v) is 22.7. The zero-order valence-electron chi connectivity index (χ0n) is 53.7. The summed E-state index contributed by atoms with van der Waals surface area (Å²) in [6, 6.07) is 0. The van der Waals surface area contributed by atoms with Crippen molar-refractivity contribution in [3.8, 4) is 0 Å². The van der Waals surface area contributed by atoms with E-state index in [1.165, 1.54) is 148 Å². The van der Waals surface area contributed by atoms with Crippen molar-refractivity contribution in [2.45, 2.75) is 329 Å². The first-order valence-electron chi connectivity index (χ1n) is 34.5. The van der Waals surface area contributed by atoms with Gasteiger partial charge in [0.15, 0.2) is 6.10 Å². The molecule has 6 nitrogen and oxygen atoms in total. The van der Waals surface area contributed by atoms with Crippen molar-refractivity contribution in [1.29, 1.82) is 0 Å². The summed E-state index contributed by atoms with van der Waals surface area (Å²) in [6.45, 7) is 6.46. The second-order valence-electron chi connectivity index (χ2n) is 22.7. The van der Waals surface area contributed by atoms with E-state index in [2.05, 4.69) is 142 Å². The summed E-state index contributed by atoms with van der Waals surface area (Å²) in [4.78, 5) is 38.1. The molecule has 1 unspecified atom stereocenters. The Labute approximate surface area is 507 Å². The normalized spacial score (nSPS) is 12.9. The molecule has 0 aliphatic heterocycles. The van der Waals surface area contributed by atoms with Gasteiger partial charge in [0.1, 0.15) is 13.2 Å². The van der Waals surface area contributed by atoms with Crippen molar-refractivity contribution in [3.63, 3.8) is 0 Å². The largest absolute Gasteiger partial charge is 0.462 e. The highest BCUT2D eigenvalue weighted by Crippen LogP contribution is 2.16. The summed E-state index contributed by atoms with van der Waals surface area (Å²) in [6.07, 6.45) is 96.9. The van der Waals surface area contributed by atoms with Gasteiger partial charge >= 0.3 is 17.9 Å². The molecule has 0 rings (SSSR count). The van der Waals surface area contributed by atoms with Gasteiger partial charge < -0.3 is 14.2 Å². The van der Waals surface area contributed by atoms with E-state index in [9.17, 15) is 14.4 Å². The molecule has 6 heteroatoms. The highest BCUT2D eigenvalue weighted by Gasteiger charge is 2.19. The smallest absolute Gasteiger partial charge is 0.306 e. The van der Waals surface area contributed by atoms with Crippen LogP contribution in [-0.4, -0.2) is 37.2 Å². The van der Waals surface area contributed by atoms with Crippen LogP contribution in [0.5, 0.6) is 0 Å². The van der Waals surface area contributed by atoms with Gasteiger partial charge in [-0.3, -0.25) is 14.4 Å². The average Bonchev–Trinajstić information content (AvgIpc) is 3.47. The minimum Gasteiger partial charge on any atom is -0.462 e. The van der Waals surface area contributed by atoms with E-state index in [4.69, 9.17) is 14.2 Å². The van der Waals surface area contributed by atoms with Crippen LogP contribution in [-0.2, 0) is 28.6 Å². The lowest BCUT2D eigenvalue weighted by Gasteiger charge is -2.18. The summed E-state index contributed by atoms with van der Waals surface area (Å²) >= 11 is 0. The first kappa shape index (κ1) is 77.8. The van der Waals surface area contributed by atoms with Gasteiger partial charge in [0.05, 0.1) is 0 Å². The molecular formula is C76H128O6. The molecule has 0 saturated carbocycles. The number of carbonyl (C=O) groups is 3. The van der Waals surface area contributed by atoms with Crippen LogP contribution in [0, 0.1) is 0 Å². The molecule has 0 saturated heterocycles. The second kappa shape index (κ2) is 69.3. The Hall–Kier alpha value is -4.19. The highest BCUT2D eigenvalue weighted by molar-refractivity contribution is 5.71. The standard InChI is InChI=1S/C76H128O6/c1-4-7-10-13-16-18-20-22-24-26-28-30-32-34-36-37-38-39-41-42-44-46-48-50-52-54-56-58-60-63-66-69-75(78)81-72-73(71-80-74(77)68-65-62-15-12-9-6-3)82-76(79)70-67-64-61-59-57-55-53-51-49-47-45-43-40-35-33-31-29-27-25-23-21-19-17-14-11-8-5-2/h8,11,17,19-20,22-23,25-26,28-29,31-32,34-35,40,45,47,51,53,73H,4-7,9-10,12-16,18,21,24,27,30,33,36-39,41-44,46,48-50,52,54-72H2,1-3H3/b11-8-,19-17-,22-20-,25-23-,28-26-,31-29-,34-32-,40-35-,47-45-,53-51-. The van der Waals surface area contributed by atoms with Crippen LogP contribution in [0.1, 0.15) is 323 Å². The first-order valence-corrected chi connectivity index (χ1v) is 34.5. The molecule has 468 valence electrons. The molecule has 0 spiro atoms. The molecule has 1 atom stereocenters. The van der Waals surface area contributed by atoms with Crippen LogP contribution in [0.15, 0.2) is 122 Å². The van der Waals surface area contributed by atoms with Gasteiger partial charge in [-0.1, -0.05) is 309 Å². The molecule has 0 N–H and O–H groups in total. The minimum absolute atomic E-state index is 0.0860. The fourth-order valence-corrected chi connectivity index (χ4v) is 9.55. The Morgan fingerprint density at radius 3 is 0.744 bits per heavy atom. The summed E-state index contributed by atoms with van der Waals surface area (Å²) in [5.41, 5.74) is 0. The van der Waals surface area contributed by atoms with E-state index in [0.717, 1.165) is 135 Å². The molecule has 0 aliphatic rings. The first-order chi connectivity index (χ1) is 40.5. The van der Waals surface area contributed by atoms with Crippen molar-refractivity contribution in [2.24, 2.45) is 0 Å². The zero-order chi connectivity index (χ0) is 59.2. The van der Waals surface area contributed by atoms with Crippen molar-refractivity contribution >= 4 is 17.9 Å². The molecule has 0 amide bonds. The number of esters is 3. The van der Waals surface area contributed by atoms with Gasteiger partial charge in [-0.15, -0.1) is 0 Å². The van der Waals surface area contributed by atoms with Crippen molar-refractivity contribution in [3.05, 3.63) is 122 Å². The fourth-order valence-electron chi connectivity index (χ4n) is 9.55. The maximum absolute atomic E-state index is 12.9. The van der Waals surface area contributed by atoms with Crippen LogP contribution < -0.4 is 0 Å². The maximum atomic E-state index is 12.9. The van der Waals surface area contributed by atoms with E-state index < -0.39 is 6.10 Å². The van der Waals surface area contributed by atoms with Crippen LogP contribution in [0.4, 0.5) is 0 Å². The van der Waals surface area contributed by atoms with E-state index in [1.54, 1.807) is 0 Å². The summed E-state index contributed by atoms with van der Waals surface area (Å²) in [7, 11) is 0. The lowest BCUT2D eigenvalue weighted by molar-refractivity contribution is -0.167. The molecule has 82 heavy (non-hydrogen) atoms. The number of allylic oxidation sites excluding steroid dienone is 20. The Morgan fingerprint density at radius 2 is 0.476 bits per heavy atom. The lowest BCUT2D eigenvalue weighted by Crippen LogP contribution is -2.30. The molecule has 0 heterocycles. The number of rotatable bonds is 62. The quantitative estimate of drug-likeness (QED) is 0.0261. The Balaban J connectivity index is 4.09. The fraction of sp³-hybridized carbons (Fsp3) is 0.697. The van der Waals surface area contributed by atoms with E-state index in [-0.39, 0.29) is 31.1 Å². The van der Waals surface area contributed by atoms with E-state index in [0.29, 0.717) is 19.3 Å². The van der Waals surface area contributed by atoms with Gasteiger partial charge in [0.25, 0.3) is 0 Å². The van der Waals surface area contributed by atoms with Gasteiger partial charge in [-0.2, -0.15) is 0 Å². The van der Waals surface area contributed by atoms with Crippen molar-refractivity contribution in [2.75, 3.05) is 13.2 Å². The molecular weight excluding hydrogens is 1010 g/mol. The SMILES string of the molecule is CC/C=C\C/C=C\C/C=C\C/C=C\C/C=C\C/C=C\C/C=C\CCCCCCCC(=O)OC(COC(=O)CCCCCCCC)COC(=O)CCCCCCCCCCCCCCCCCC/C=C\C/C=C\C/C=C\CCCCCCC. The van der Waals surface area contributed by atoms with Gasteiger partial charge in [-0.05, 0) is 116 Å².